The fourth-order valence-corrected chi connectivity index (χ4v) is 3.13. The first kappa shape index (κ1) is 17.8. The molecule has 26 heavy (non-hydrogen) atoms. The van der Waals surface area contributed by atoms with Crippen LogP contribution in [0.4, 0.5) is 10.5 Å². The summed E-state index contributed by atoms with van der Waals surface area (Å²) >= 11 is 0.945. The van der Waals surface area contributed by atoms with Crippen molar-refractivity contribution in [1.29, 1.82) is 0 Å². The topological polar surface area (TPSA) is 58.6 Å². The van der Waals surface area contributed by atoms with Gasteiger partial charge >= 0.3 is 0 Å². The number of thioether (sulfide) groups is 1. The van der Waals surface area contributed by atoms with Crippen LogP contribution in [-0.2, 0) is 4.79 Å². The lowest BCUT2D eigenvalue weighted by Crippen LogP contribution is -2.33. The van der Waals surface area contributed by atoms with Crippen molar-refractivity contribution in [2.45, 2.75) is 0 Å². The SMILES string of the molecule is COc1ccc(NCN2C(=O)S/C(=C/C=C/c3ccccc3)C2=O)cc1. The zero-order chi connectivity index (χ0) is 18.4. The molecule has 6 heteroatoms. The Bertz CT molecular complexity index is 845. The molecular weight excluding hydrogens is 348 g/mol. The molecule has 0 unspecified atom stereocenters. The number of rotatable bonds is 6. The number of methoxy groups -OCH3 is 1. The number of nitrogens with zero attached hydrogens (tertiary/aromatic N) is 1. The van der Waals surface area contributed by atoms with Crippen molar-refractivity contribution >= 4 is 34.7 Å². The summed E-state index contributed by atoms with van der Waals surface area (Å²) in [5.74, 6) is 0.452. The molecule has 0 aliphatic carbocycles. The predicted octanol–water partition coefficient (Wildman–Crippen LogP) is 4.36. The van der Waals surface area contributed by atoms with E-state index >= 15 is 0 Å². The molecule has 1 heterocycles. The summed E-state index contributed by atoms with van der Waals surface area (Å²) in [5.41, 5.74) is 1.84. The minimum atomic E-state index is -0.293. The lowest BCUT2D eigenvalue weighted by Gasteiger charge is -2.14. The number of benzene rings is 2. The summed E-state index contributed by atoms with van der Waals surface area (Å²) in [4.78, 5) is 26.1. The summed E-state index contributed by atoms with van der Waals surface area (Å²) in [7, 11) is 1.60. The number of anilines is 1. The van der Waals surface area contributed by atoms with Gasteiger partial charge in [-0.3, -0.25) is 14.5 Å². The third kappa shape index (κ3) is 4.34. The van der Waals surface area contributed by atoms with E-state index in [0.717, 1.165) is 28.8 Å². The van der Waals surface area contributed by atoms with E-state index in [-0.39, 0.29) is 17.8 Å². The fraction of sp³-hybridized carbons (Fsp3) is 0.100. The Hall–Kier alpha value is -2.99. The summed E-state index contributed by atoms with van der Waals surface area (Å²) in [6, 6.07) is 17.0. The van der Waals surface area contributed by atoms with E-state index < -0.39 is 0 Å². The Balaban J connectivity index is 1.61. The largest absolute Gasteiger partial charge is 0.497 e. The molecule has 1 N–H and O–H groups in total. The van der Waals surface area contributed by atoms with E-state index in [0.29, 0.717) is 4.91 Å². The molecule has 1 aliphatic rings. The van der Waals surface area contributed by atoms with E-state index in [4.69, 9.17) is 4.74 Å². The maximum Gasteiger partial charge on any atom is 0.295 e. The highest BCUT2D eigenvalue weighted by atomic mass is 32.2. The van der Waals surface area contributed by atoms with E-state index in [2.05, 4.69) is 5.32 Å². The third-order valence-corrected chi connectivity index (χ3v) is 4.67. The highest BCUT2D eigenvalue weighted by Crippen LogP contribution is 2.30. The van der Waals surface area contributed by atoms with Crippen LogP contribution >= 0.6 is 11.8 Å². The molecule has 2 aromatic rings. The van der Waals surface area contributed by atoms with Crippen molar-refractivity contribution in [3.63, 3.8) is 0 Å². The molecule has 3 rings (SSSR count). The predicted molar refractivity (Wildman–Crippen MR) is 105 cm³/mol. The number of ether oxygens (including phenoxy) is 1. The molecule has 0 bridgehead atoms. The van der Waals surface area contributed by atoms with Crippen LogP contribution in [0.25, 0.3) is 6.08 Å². The van der Waals surface area contributed by atoms with Crippen LogP contribution in [0.3, 0.4) is 0 Å². The molecule has 1 fully saturated rings. The van der Waals surface area contributed by atoms with Gasteiger partial charge in [0.25, 0.3) is 11.1 Å². The highest BCUT2D eigenvalue weighted by molar-refractivity contribution is 8.18. The molecule has 1 saturated heterocycles. The maximum atomic E-state index is 12.4. The van der Waals surface area contributed by atoms with E-state index in [9.17, 15) is 9.59 Å². The Morgan fingerprint density at radius 2 is 1.81 bits per heavy atom. The smallest absolute Gasteiger partial charge is 0.295 e. The highest BCUT2D eigenvalue weighted by Gasteiger charge is 2.34. The summed E-state index contributed by atoms with van der Waals surface area (Å²) in [5, 5.41) is 2.79. The van der Waals surface area contributed by atoms with Crippen LogP contribution < -0.4 is 10.1 Å². The zero-order valence-electron chi connectivity index (χ0n) is 14.2. The Morgan fingerprint density at radius 1 is 1.08 bits per heavy atom. The third-order valence-electron chi connectivity index (χ3n) is 3.74. The molecule has 2 amide bonds. The van der Waals surface area contributed by atoms with E-state index in [1.807, 2.05) is 60.7 Å². The van der Waals surface area contributed by atoms with Gasteiger partial charge in [-0.15, -0.1) is 0 Å². The normalized spacial score (nSPS) is 15.9. The van der Waals surface area contributed by atoms with Crippen LogP contribution in [0.15, 0.2) is 71.7 Å². The Labute approximate surface area is 156 Å². The summed E-state index contributed by atoms with van der Waals surface area (Å²) < 4.78 is 5.10. The van der Waals surface area contributed by atoms with Gasteiger partial charge in [-0.1, -0.05) is 42.5 Å². The first-order valence-electron chi connectivity index (χ1n) is 8.02. The number of hydrogen-bond acceptors (Lipinski definition) is 5. The van der Waals surface area contributed by atoms with Crippen LogP contribution in [0.2, 0.25) is 0 Å². The van der Waals surface area contributed by atoms with Crippen molar-refractivity contribution < 1.29 is 14.3 Å². The molecule has 5 nitrogen and oxygen atoms in total. The minimum absolute atomic E-state index is 0.122. The van der Waals surface area contributed by atoms with Gasteiger partial charge < -0.3 is 10.1 Å². The average Bonchev–Trinajstić information content (AvgIpc) is 2.94. The number of allylic oxidation sites excluding steroid dienone is 2. The second-order valence-electron chi connectivity index (χ2n) is 5.47. The number of carbonyl (C=O) groups excluding carboxylic acids is 2. The average molecular weight is 366 g/mol. The summed E-state index contributed by atoms with van der Waals surface area (Å²) in [6.45, 7) is 0.122. The van der Waals surface area contributed by atoms with Gasteiger partial charge in [0.1, 0.15) is 5.75 Å². The quantitative estimate of drug-likeness (QED) is 0.770. The number of nitrogens with one attached hydrogen (secondary N) is 1. The van der Waals surface area contributed by atoms with Crippen molar-refractivity contribution in [2.75, 3.05) is 19.1 Å². The Morgan fingerprint density at radius 3 is 2.50 bits per heavy atom. The van der Waals surface area contributed by atoms with Gasteiger partial charge in [-0.2, -0.15) is 0 Å². The lowest BCUT2D eigenvalue weighted by molar-refractivity contribution is -0.122. The van der Waals surface area contributed by atoms with Gasteiger partial charge in [0.2, 0.25) is 0 Å². The molecule has 0 atom stereocenters. The number of carbonyl (C=O) groups is 2. The zero-order valence-corrected chi connectivity index (χ0v) is 15.0. The van der Waals surface area contributed by atoms with Crippen LogP contribution in [0.5, 0.6) is 5.75 Å². The van der Waals surface area contributed by atoms with Gasteiger partial charge in [0, 0.05) is 5.69 Å². The van der Waals surface area contributed by atoms with Gasteiger partial charge in [0.15, 0.2) is 0 Å². The van der Waals surface area contributed by atoms with E-state index in [1.54, 1.807) is 19.3 Å². The van der Waals surface area contributed by atoms with Gasteiger partial charge in [0.05, 0.1) is 18.7 Å². The Kier molecular flexibility index (Phi) is 5.76. The first-order chi connectivity index (χ1) is 12.7. The number of imide groups is 1. The van der Waals surface area contributed by atoms with Crippen LogP contribution in [0.1, 0.15) is 5.56 Å². The van der Waals surface area contributed by atoms with Crippen LogP contribution in [-0.4, -0.2) is 29.8 Å². The second kappa shape index (κ2) is 8.40. The minimum Gasteiger partial charge on any atom is -0.497 e. The summed E-state index contributed by atoms with van der Waals surface area (Å²) in [6.07, 6.45) is 5.35. The molecule has 0 spiro atoms. The second-order valence-corrected chi connectivity index (χ2v) is 6.46. The van der Waals surface area contributed by atoms with Crippen molar-refractivity contribution in [3.8, 4) is 5.75 Å². The van der Waals surface area contributed by atoms with Crippen molar-refractivity contribution in [3.05, 3.63) is 77.2 Å². The molecule has 2 aromatic carbocycles. The molecule has 0 radical (unpaired) electrons. The number of hydrogen-bond donors (Lipinski definition) is 1. The molecule has 132 valence electrons. The first-order valence-corrected chi connectivity index (χ1v) is 8.84. The van der Waals surface area contributed by atoms with Gasteiger partial charge in [-0.05, 0) is 47.7 Å². The van der Waals surface area contributed by atoms with Crippen LogP contribution in [0, 0.1) is 0 Å². The van der Waals surface area contributed by atoms with E-state index in [1.165, 1.54) is 4.90 Å². The maximum absolute atomic E-state index is 12.4. The molecule has 0 saturated carbocycles. The van der Waals surface area contributed by atoms with Crippen molar-refractivity contribution in [1.82, 2.24) is 4.90 Å². The molecule has 1 aliphatic heterocycles. The van der Waals surface area contributed by atoms with Gasteiger partial charge in [-0.25, -0.2) is 0 Å². The lowest BCUT2D eigenvalue weighted by atomic mass is 10.2. The standard InChI is InChI=1S/C20H18N2O3S/c1-25-17-12-10-16(11-13-17)21-14-22-19(23)18(26-20(22)24)9-5-8-15-6-3-2-4-7-15/h2-13,21H,14H2,1H3/b8-5+,18-9+. The molecular formula is C20H18N2O3S. The number of amides is 2. The fourth-order valence-electron chi connectivity index (χ4n) is 2.34. The molecule has 0 aromatic heterocycles. The van der Waals surface area contributed by atoms with Crippen molar-refractivity contribution in [2.24, 2.45) is 0 Å². The monoisotopic (exact) mass is 366 g/mol.